The highest BCUT2D eigenvalue weighted by Gasteiger charge is 2.31. The number of benzene rings is 2. The van der Waals surface area contributed by atoms with Crippen molar-refractivity contribution in [2.75, 3.05) is 7.11 Å². The number of hydrogen-bond donors (Lipinski definition) is 1. The van der Waals surface area contributed by atoms with Gasteiger partial charge in [0.2, 0.25) is 5.91 Å². The summed E-state index contributed by atoms with van der Waals surface area (Å²) in [6.45, 7) is 0.450. The standard InChI is InChI=1S/C25H22F4N4O3/c1-35-21-9-6-17(13-19(21)26)14-31-23(34)11-10-22-32-20-3-2-12-30-24(20)33(22)15-16-4-7-18(8-5-16)36-25(27,28)29/h2-9,12-13H,10-11,14-15H2,1H3,(H,31,34). The number of nitrogens with zero attached hydrogens (tertiary/aromatic N) is 3. The molecule has 1 amide bonds. The number of aromatic nitrogens is 3. The average Bonchev–Trinajstić information content (AvgIpc) is 3.19. The summed E-state index contributed by atoms with van der Waals surface area (Å²) in [4.78, 5) is 21.4. The molecule has 0 aliphatic rings. The first-order chi connectivity index (χ1) is 17.2. The number of carbonyl (C=O) groups is 1. The molecule has 0 bridgehead atoms. The lowest BCUT2D eigenvalue weighted by molar-refractivity contribution is -0.274. The maximum absolute atomic E-state index is 13.9. The lowest BCUT2D eigenvalue weighted by atomic mass is 10.2. The number of rotatable bonds is 9. The first-order valence-electron chi connectivity index (χ1n) is 11.0. The first kappa shape index (κ1) is 25.0. The van der Waals surface area contributed by atoms with Crippen molar-refractivity contribution >= 4 is 17.1 Å². The van der Waals surface area contributed by atoms with E-state index in [1.165, 1.54) is 43.5 Å². The fourth-order valence-electron chi connectivity index (χ4n) is 3.68. The van der Waals surface area contributed by atoms with Crippen molar-refractivity contribution in [2.45, 2.75) is 32.3 Å². The van der Waals surface area contributed by atoms with E-state index in [-0.39, 0.29) is 30.4 Å². The van der Waals surface area contributed by atoms with E-state index in [0.717, 1.165) is 0 Å². The molecular weight excluding hydrogens is 480 g/mol. The summed E-state index contributed by atoms with van der Waals surface area (Å²) in [6, 6.07) is 13.5. The SMILES string of the molecule is COc1ccc(CNC(=O)CCc2nc3cccnc3n2Cc2ccc(OC(F)(F)F)cc2)cc1F. The minimum Gasteiger partial charge on any atom is -0.494 e. The second kappa shape index (κ2) is 10.6. The van der Waals surface area contributed by atoms with Crippen LogP contribution in [0.5, 0.6) is 11.5 Å². The molecule has 0 saturated heterocycles. The van der Waals surface area contributed by atoms with Crippen molar-refractivity contribution in [3.63, 3.8) is 0 Å². The van der Waals surface area contributed by atoms with E-state index in [9.17, 15) is 22.4 Å². The molecule has 0 fully saturated rings. The molecule has 4 rings (SSSR count). The van der Waals surface area contributed by atoms with Gasteiger partial charge in [-0.1, -0.05) is 18.2 Å². The lowest BCUT2D eigenvalue weighted by Gasteiger charge is -2.11. The molecule has 11 heteroatoms. The fraction of sp³-hybridized carbons (Fsp3) is 0.240. The highest BCUT2D eigenvalue weighted by molar-refractivity contribution is 5.76. The van der Waals surface area contributed by atoms with Crippen molar-refractivity contribution in [1.29, 1.82) is 0 Å². The molecule has 0 aliphatic carbocycles. The summed E-state index contributed by atoms with van der Waals surface area (Å²) in [5.41, 5.74) is 2.54. The van der Waals surface area contributed by atoms with Gasteiger partial charge in [-0.15, -0.1) is 13.2 Å². The highest BCUT2D eigenvalue weighted by atomic mass is 19.4. The van der Waals surface area contributed by atoms with Crippen LogP contribution in [0.25, 0.3) is 11.2 Å². The van der Waals surface area contributed by atoms with Crippen LogP contribution >= 0.6 is 0 Å². The van der Waals surface area contributed by atoms with Gasteiger partial charge in [-0.05, 0) is 47.5 Å². The molecule has 2 aromatic carbocycles. The Hall–Kier alpha value is -4.15. The van der Waals surface area contributed by atoms with Crippen LogP contribution in [0.1, 0.15) is 23.4 Å². The number of amides is 1. The third kappa shape index (κ3) is 6.29. The van der Waals surface area contributed by atoms with Gasteiger partial charge in [-0.3, -0.25) is 4.79 Å². The maximum Gasteiger partial charge on any atom is 0.573 e. The Bertz CT molecular complexity index is 1350. The molecule has 0 unspecified atom stereocenters. The first-order valence-corrected chi connectivity index (χ1v) is 11.0. The van der Waals surface area contributed by atoms with Gasteiger partial charge in [0.05, 0.1) is 13.7 Å². The Morgan fingerprint density at radius 3 is 2.53 bits per heavy atom. The monoisotopic (exact) mass is 502 g/mol. The number of hydrogen-bond acceptors (Lipinski definition) is 5. The largest absolute Gasteiger partial charge is 0.573 e. The van der Waals surface area contributed by atoms with Crippen LogP contribution < -0.4 is 14.8 Å². The van der Waals surface area contributed by atoms with Gasteiger partial charge in [0.25, 0.3) is 0 Å². The minimum absolute atomic E-state index is 0.125. The molecule has 0 spiro atoms. The summed E-state index contributed by atoms with van der Waals surface area (Å²) in [6.07, 6.45) is -2.72. The number of imidazole rings is 1. The molecule has 0 radical (unpaired) electrons. The predicted molar refractivity (Wildman–Crippen MR) is 123 cm³/mol. The third-order valence-corrected chi connectivity index (χ3v) is 5.36. The highest BCUT2D eigenvalue weighted by Crippen LogP contribution is 2.24. The van der Waals surface area contributed by atoms with Crippen LogP contribution in [0.3, 0.4) is 0 Å². The number of ether oxygens (including phenoxy) is 2. The normalized spacial score (nSPS) is 11.5. The Kier molecular flexibility index (Phi) is 7.37. The average molecular weight is 502 g/mol. The number of nitrogens with one attached hydrogen (secondary N) is 1. The summed E-state index contributed by atoms with van der Waals surface area (Å²) in [5, 5.41) is 2.76. The zero-order valence-electron chi connectivity index (χ0n) is 19.2. The topological polar surface area (TPSA) is 78.3 Å². The summed E-state index contributed by atoms with van der Waals surface area (Å²) >= 11 is 0. The van der Waals surface area contributed by atoms with Crippen LogP contribution in [0.4, 0.5) is 17.6 Å². The molecule has 2 heterocycles. The van der Waals surface area contributed by atoms with Crippen molar-refractivity contribution in [3.05, 3.63) is 83.6 Å². The smallest absolute Gasteiger partial charge is 0.494 e. The number of fused-ring (bicyclic) bond motifs is 1. The second-order valence-electron chi connectivity index (χ2n) is 7.90. The van der Waals surface area contributed by atoms with Gasteiger partial charge < -0.3 is 19.4 Å². The van der Waals surface area contributed by atoms with Crippen LogP contribution in [-0.4, -0.2) is 33.9 Å². The number of pyridine rings is 1. The molecule has 188 valence electrons. The molecule has 0 saturated carbocycles. The van der Waals surface area contributed by atoms with Crippen molar-refractivity contribution in [1.82, 2.24) is 19.9 Å². The van der Waals surface area contributed by atoms with Crippen molar-refractivity contribution < 1.29 is 31.8 Å². The van der Waals surface area contributed by atoms with Crippen molar-refractivity contribution in [3.8, 4) is 11.5 Å². The second-order valence-corrected chi connectivity index (χ2v) is 7.90. The van der Waals surface area contributed by atoms with Gasteiger partial charge in [0, 0.05) is 25.6 Å². The molecule has 1 N–H and O–H groups in total. The fourth-order valence-corrected chi connectivity index (χ4v) is 3.68. The minimum atomic E-state index is -4.76. The summed E-state index contributed by atoms with van der Waals surface area (Å²) in [7, 11) is 1.38. The molecular formula is C25H22F4N4O3. The molecule has 0 atom stereocenters. The van der Waals surface area contributed by atoms with E-state index in [0.29, 0.717) is 41.1 Å². The Morgan fingerprint density at radius 1 is 1.08 bits per heavy atom. The quantitative estimate of drug-likeness (QED) is 0.334. The lowest BCUT2D eigenvalue weighted by Crippen LogP contribution is -2.23. The number of carbonyl (C=O) groups excluding carboxylic acids is 1. The van der Waals surface area contributed by atoms with Gasteiger partial charge in [-0.25, -0.2) is 14.4 Å². The molecule has 7 nitrogen and oxygen atoms in total. The van der Waals surface area contributed by atoms with Gasteiger partial charge in [0.15, 0.2) is 17.2 Å². The molecule has 4 aromatic rings. The number of methoxy groups -OCH3 is 1. The number of alkyl halides is 3. The number of aryl methyl sites for hydroxylation is 1. The van der Waals surface area contributed by atoms with E-state index in [4.69, 9.17) is 4.74 Å². The zero-order chi connectivity index (χ0) is 25.7. The van der Waals surface area contributed by atoms with Gasteiger partial charge in [0.1, 0.15) is 17.1 Å². The maximum atomic E-state index is 13.9. The Labute approximate surface area is 203 Å². The van der Waals surface area contributed by atoms with E-state index in [2.05, 4.69) is 20.0 Å². The van der Waals surface area contributed by atoms with E-state index < -0.39 is 12.2 Å². The zero-order valence-corrected chi connectivity index (χ0v) is 19.2. The van der Waals surface area contributed by atoms with E-state index in [1.54, 1.807) is 24.4 Å². The van der Waals surface area contributed by atoms with Gasteiger partial charge >= 0.3 is 6.36 Å². The van der Waals surface area contributed by atoms with Crippen LogP contribution in [0.15, 0.2) is 60.8 Å². The molecule has 36 heavy (non-hydrogen) atoms. The predicted octanol–water partition coefficient (Wildman–Crippen LogP) is 4.77. The van der Waals surface area contributed by atoms with Crippen LogP contribution in [-0.2, 0) is 24.3 Å². The summed E-state index contributed by atoms with van der Waals surface area (Å²) < 4.78 is 61.8. The van der Waals surface area contributed by atoms with Crippen molar-refractivity contribution in [2.24, 2.45) is 0 Å². The molecule has 2 aromatic heterocycles. The third-order valence-electron chi connectivity index (χ3n) is 5.36. The van der Waals surface area contributed by atoms with E-state index >= 15 is 0 Å². The van der Waals surface area contributed by atoms with E-state index in [1.807, 2.05) is 4.57 Å². The van der Waals surface area contributed by atoms with Gasteiger partial charge in [-0.2, -0.15) is 0 Å². The van der Waals surface area contributed by atoms with Crippen LogP contribution in [0.2, 0.25) is 0 Å². The Morgan fingerprint density at radius 2 is 1.83 bits per heavy atom. The Balaban J connectivity index is 1.43. The summed E-state index contributed by atoms with van der Waals surface area (Å²) in [5.74, 6) is -0.339. The number of halogens is 4. The van der Waals surface area contributed by atoms with Crippen LogP contribution in [0, 0.1) is 5.82 Å². The molecule has 0 aliphatic heterocycles.